The van der Waals surface area contributed by atoms with Gasteiger partial charge in [-0.2, -0.15) is 11.8 Å². The van der Waals surface area contributed by atoms with E-state index in [-0.39, 0.29) is 59.9 Å². The van der Waals surface area contributed by atoms with Crippen LogP contribution in [0.2, 0.25) is 0 Å². The zero-order chi connectivity index (χ0) is 41.6. The summed E-state index contributed by atoms with van der Waals surface area (Å²) in [6.07, 6.45) is 2.18. The first-order valence-electron chi connectivity index (χ1n) is 20.1. The number of hydrogen-bond donors (Lipinski definition) is 3. The highest BCUT2D eigenvalue weighted by Gasteiger charge is 2.43. The number of thioether (sulfide) groups is 1. The number of nitrogens with zero attached hydrogens (tertiary/aromatic N) is 3. The molecule has 0 bridgehead atoms. The van der Waals surface area contributed by atoms with E-state index in [0.29, 0.717) is 18.5 Å². The topological polar surface area (TPSA) is 141 Å². The van der Waals surface area contributed by atoms with Crippen molar-refractivity contribution in [2.75, 3.05) is 53.4 Å². The lowest BCUT2D eigenvalue weighted by atomic mass is 9.89. The Morgan fingerprint density at radius 1 is 0.945 bits per heavy atom. The second-order valence-electron chi connectivity index (χ2n) is 16.1. The number of carbonyl (C=O) groups is 4. The fraction of sp³-hybridized carbons (Fsp3) is 0.762. The molecule has 0 unspecified atom stereocenters. The molecule has 3 N–H and O–H groups in total. The van der Waals surface area contributed by atoms with E-state index in [4.69, 9.17) is 9.47 Å². The molecule has 12 nitrogen and oxygen atoms in total. The second-order valence-corrected chi connectivity index (χ2v) is 17.1. The third-order valence-electron chi connectivity index (χ3n) is 11.5. The van der Waals surface area contributed by atoms with Gasteiger partial charge in [-0.15, -0.1) is 0 Å². The van der Waals surface area contributed by atoms with E-state index in [1.54, 1.807) is 56.7 Å². The lowest BCUT2D eigenvalue weighted by Crippen LogP contribution is -2.60. The van der Waals surface area contributed by atoms with Gasteiger partial charge in [0.25, 0.3) is 0 Å². The van der Waals surface area contributed by atoms with E-state index in [9.17, 15) is 24.3 Å². The second kappa shape index (κ2) is 23.5. The van der Waals surface area contributed by atoms with E-state index in [1.807, 2.05) is 71.3 Å². The number of likely N-dealkylation sites (tertiary alicyclic amines) is 1. The van der Waals surface area contributed by atoms with Crippen molar-refractivity contribution in [3.05, 3.63) is 35.9 Å². The molecule has 1 fully saturated rings. The minimum absolute atomic E-state index is 0.0191. The molecule has 2 rings (SSSR count). The van der Waals surface area contributed by atoms with Crippen LogP contribution in [0.15, 0.2) is 30.3 Å². The van der Waals surface area contributed by atoms with Crippen molar-refractivity contribution in [2.24, 2.45) is 23.7 Å². The third-order valence-corrected chi connectivity index (χ3v) is 12.1. The largest absolute Gasteiger partial charge is 0.386 e. The number of ether oxygens (including phenoxy) is 2. The zero-order valence-electron chi connectivity index (χ0n) is 35.9. The van der Waals surface area contributed by atoms with Gasteiger partial charge >= 0.3 is 0 Å². The SMILES string of the molecule is CC[C@H](C)[C@@H]([C@@H](CC(=O)N1CCC[C@H]1[C@H](OC)[C@@H](C)C(=O)N[C@H](C)[C@@H](O)c1ccccc1)OC)N(C)C(=O)[C@@H](NC(=O)[C@H](C(C)C)N(C)CCSC)C(C)C. The van der Waals surface area contributed by atoms with Crippen LogP contribution in [0.5, 0.6) is 0 Å². The lowest BCUT2D eigenvalue weighted by molar-refractivity contribution is -0.148. The molecule has 1 aromatic rings. The Bertz CT molecular complexity index is 1340. The molecule has 1 saturated heterocycles. The van der Waals surface area contributed by atoms with Crippen molar-refractivity contribution >= 4 is 35.4 Å². The Balaban J connectivity index is 2.26. The molecule has 10 atom stereocenters. The summed E-state index contributed by atoms with van der Waals surface area (Å²) in [6, 6.07) is 6.73. The van der Waals surface area contributed by atoms with Gasteiger partial charge in [-0.25, -0.2) is 0 Å². The quantitative estimate of drug-likeness (QED) is 0.145. The fourth-order valence-electron chi connectivity index (χ4n) is 8.04. The molecule has 13 heteroatoms. The standard InChI is InChI=1S/C42H73N5O7S/c1-14-28(6)37(46(10)42(52)35(26(2)3)44-41(51)36(27(4)5)45(9)23-24-55-13)33(53-11)25-34(48)47-22-18-21-32(47)39(54-12)29(7)40(50)43-30(8)38(49)31-19-16-15-17-20-31/h15-17,19-20,26-30,32-33,35-39,49H,14,18,21-25H2,1-13H3,(H,43,50)(H,44,51)/t28-,29+,30+,32-,33+,35-,36-,37-,38+,39+/m0/s1. The number of methoxy groups -OCH3 is 2. The van der Waals surface area contributed by atoms with E-state index < -0.39 is 42.4 Å². The van der Waals surface area contributed by atoms with Crippen molar-refractivity contribution in [1.29, 1.82) is 0 Å². The van der Waals surface area contributed by atoms with Crippen LogP contribution in [0.1, 0.15) is 92.7 Å². The monoisotopic (exact) mass is 792 g/mol. The summed E-state index contributed by atoms with van der Waals surface area (Å²) in [5, 5.41) is 16.9. The van der Waals surface area contributed by atoms with Crippen LogP contribution >= 0.6 is 11.8 Å². The van der Waals surface area contributed by atoms with Gasteiger partial charge < -0.3 is 35.0 Å². The third kappa shape index (κ3) is 13.2. The zero-order valence-corrected chi connectivity index (χ0v) is 36.7. The van der Waals surface area contributed by atoms with Crippen molar-refractivity contribution < 1.29 is 33.8 Å². The fourth-order valence-corrected chi connectivity index (χ4v) is 8.51. The highest BCUT2D eigenvalue weighted by Crippen LogP contribution is 2.30. The Labute approximate surface area is 336 Å². The molecule has 314 valence electrons. The van der Waals surface area contributed by atoms with Gasteiger partial charge in [0.05, 0.1) is 54.8 Å². The number of aliphatic hydroxyl groups is 1. The number of amides is 4. The van der Waals surface area contributed by atoms with Gasteiger partial charge in [0, 0.05) is 40.1 Å². The number of likely N-dealkylation sites (N-methyl/N-ethyl adjacent to an activating group) is 2. The average Bonchev–Trinajstić information content (AvgIpc) is 3.65. The van der Waals surface area contributed by atoms with Crippen LogP contribution in [-0.2, 0) is 28.7 Å². The highest BCUT2D eigenvalue weighted by molar-refractivity contribution is 7.98. The summed E-state index contributed by atoms with van der Waals surface area (Å²) >= 11 is 1.73. The van der Waals surface area contributed by atoms with Gasteiger partial charge in [0.2, 0.25) is 23.6 Å². The lowest BCUT2D eigenvalue weighted by Gasteiger charge is -2.41. The number of benzene rings is 1. The molecule has 0 aromatic heterocycles. The van der Waals surface area contributed by atoms with Crippen molar-refractivity contribution in [1.82, 2.24) is 25.3 Å². The highest BCUT2D eigenvalue weighted by atomic mass is 32.2. The molecule has 0 saturated carbocycles. The number of nitrogens with one attached hydrogen (secondary N) is 2. The summed E-state index contributed by atoms with van der Waals surface area (Å²) < 4.78 is 12.0. The molecule has 55 heavy (non-hydrogen) atoms. The predicted molar refractivity (Wildman–Crippen MR) is 222 cm³/mol. The molecule has 1 heterocycles. The van der Waals surface area contributed by atoms with E-state index >= 15 is 0 Å². The first kappa shape index (κ1) is 48.4. The summed E-state index contributed by atoms with van der Waals surface area (Å²) in [7, 11) is 6.83. The van der Waals surface area contributed by atoms with Crippen LogP contribution in [0.4, 0.5) is 0 Å². The van der Waals surface area contributed by atoms with Crippen molar-refractivity contribution in [3.8, 4) is 0 Å². The van der Waals surface area contributed by atoms with Gasteiger partial charge in [-0.3, -0.25) is 24.1 Å². The number of hydrogen-bond acceptors (Lipinski definition) is 9. The summed E-state index contributed by atoms with van der Waals surface area (Å²) in [4.78, 5) is 61.4. The molecule has 0 spiro atoms. The predicted octanol–water partition coefficient (Wildman–Crippen LogP) is 4.61. The summed E-state index contributed by atoms with van der Waals surface area (Å²) in [6.45, 7) is 16.8. The normalized spacial score (nSPS) is 19.7. The minimum Gasteiger partial charge on any atom is -0.386 e. The molecule has 4 amide bonds. The number of rotatable bonds is 23. The van der Waals surface area contributed by atoms with Gasteiger partial charge in [-0.1, -0.05) is 85.2 Å². The van der Waals surface area contributed by atoms with Crippen LogP contribution in [-0.4, -0.2) is 139 Å². The van der Waals surface area contributed by atoms with Gasteiger partial charge in [0.1, 0.15) is 6.04 Å². The Hall–Kier alpha value is -2.71. The van der Waals surface area contributed by atoms with Crippen molar-refractivity contribution in [3.63, 3.8) is 0 Å². The molecule has 1 aromatic carbocycles. The Morgan fingerprint density at radius 2 is 1.58 bits per heavy atom. The van der Waals surface area contributed by atoms with E-state index in [0.717, 1.165) is 25.1 Å². The average molecular weight is 792 g/mol. The smallest absolute Gasteiger partial charge is 0.245 e. The van der Waals surface area contributed by atoms with Crippen LogP contribution in [0.3, 0.4) is 0 Å². The number of carbonyl (C=O) groups excluding carboxylic acids is 4. The van der Waals surface area contributed by atoms with Crippen LogP contribution in [0, 0.1) is 23.7 Å². The van der Waals surface area contributed by atoms with Gasteiger partial charge in [0.15, 0.2) is 0 Å². The Morgan fingerprint density at radius 3 is 2.11 bits per heavy atom. The Kier molecular flexibility index (Phi) is 20.7. The molecular weight excluding hydrogens is 719 g/mol. The molecule has 0 aliphatic carbocycles. The number of aliphatic hydroxyl groups excluding tert-OH is 1. The summed E-state index contributed by atoms with van der Waals surface area (Å²) in [5.41, 5.74) is 0.712. The molecule has 1 aliphatic heterocycles. The first-order chi connectivity index (χ1) is 26.0. The molecular formula is C42H73N5O7S. The van der Waals surface area contributed by atoms with Gasteiger partial charge in [-0.05, 0) is 56.4 Å². The van der Waals surface area contributed by atoms with E-state index in [2.05, 4.69) is 29.4 Å². The van der Waals surface area contributed by atoms with Crippen molar-refractivity contribution in [2.45, 2.75) is 130 Å². The maximum absolute atomic E-state index is 14.4. The maximum Gasteiger partial charge on any atom is 0.245 e. The van der Waals surface area contributed by atoms with Crippen LogP contribution < -0.4 is 10.6 Å². The first-order valence-corrected chi connectivity index (χ1v) is 21.5. The maximum atomic E-state index is 14.4. The summed E-state index contributed by atoms with van der Waals surface area (Å²) in [5.74, 6) is -0.646. The minimum atomic E-state index is -0.877. The molecule has 0 radical (unpaired) electrons. The van der Waals surface area contributed by atoms with Crippen LogP contribution in [0.25, 0.3) is 0 Å². The van der Waals surface area contributed by atoms with E-state index in [1.165, 1.54) is 0 Å². The molecule has 1 aliphatic rings.